The van der Waals surface area contributed by atoms with Crippen LogP contribution in [0.5, 0.6) is 0 Å². The maximum Gasteiger partial charge on any atom is 0.411 e. The number of hydrogen-bond donors (Lipinski definition) is 1. The number of nitrogens with one attached hydrogen (secondary N) is 1. The van der Waals surface area contributed by atoms with Crippen molar-refractivity contribution in [3.63, 3.8) is 0 Å². The predicted molar refractivity (Wildman–Crippen MR) is 103 cm³/mol. The molecule has 2 amide bonds. The number of amides is 2. The Morgan fingerprint density at radius 3 is 2.42 bits per heavy atom. The Morgan fingerprint density at radius 1 is 1.15 bits per heavy atom. The highest BCUT2D eigenvalue weighted by molar-refractivity contribution is 5.89. The first kappa shape index (κ1) is 18.5. The van der Waals surface area contributed by atoms with Gasteiger partial charge in [-0.25, -0.2) is 4.79 Å². The standard InChI is InChI=1S/C21H28N2O3/c1-14(24)22-17-10-8-15(9-11-17)16-12-18-6-5-7-19(13-16)23(18)20(25)26-21(2,3)4/h8-12,18-19H,5-7,13H2,1-4H3,(H,22,24). The van der Waals surface area contributed by atoms with Crippen molar-refractivity contribution in [3.05, 3.63) is 35.9 Å². The van der Waals surface area contributed by atoms with Gasteiger partial charge < -0.3 is 10.1 Å². The second-order valence-electron chi connectivity index (χ2n) is 8.19. The van der Waals surface area contributed by atoms with Crippen LogP contribution in [0.3, 0.4) is 0 Å². The molecule has 3 rings (SSSR count). The van der Waals surface area contributed by atoms with E-state index in [4.69, 9.17) is 4.74 Å². The zero-order valence-corrected chi connectivity index (χ0v) is 16.0. The number of ether oxygens (including phenoxy) is 1. The summed E-state index contributed by atoms with van der Waals surface area (Å²) in [6.07, 6.45) is 5.98. The van der Waals surface area contributed by atoms with E-state index in [0.29, 0.717) is 0 Å². The van der Waals surface area contributed by atoms with Crippen molar-refractivity contribution in [2.24, 2.45) is 0 Å². The Morgan fingerprint density at radius 2 is 1.85 bits per heavy atom. The van der Waals surface area contributed by atoms with Crippen molar-refractivity contribution in [2.45, 2.75) is 71.1 Å². The van der Waals surface area contributed by atoms with Crippen molar-refractivity contribution < 1.29 is 14.3 Å². The molecule has 2 unspecified atom stereocenters. The van der Waals surface area contributed by atoms with Gasteiger partial charge in [0.2, 0.25) is 5.91 Å². The summed E-state index contributed by atoms with van der Waals surface area (Å²) in [5.41, 5.74) is 2.75. The molecule has 2 aliphatic rings. The number of benzene rings is 1. The SMILES string of the molecule is CC(=O)Nc1ccc(C2=CC3CCCC(C2)N3C(=O)OC(C)(C)C)cc1. The zero-order valence-electron chi connectivity index (χ0n) is 16.0. The highest BCUT2D eigenvalue weighted by atomic mass is 16.6. The molecule has 2 bridgehead atoms. The number of carbonyl (C=O) groups is 2. The van der Waals surface area contributed by atoms with Crippen LogP contribution in [0.1, 0.15) is 58.9 Å². The van der Waals surface area contributed by atoms with E-state index in [1.54, 1.807) is 0 Å². The summed E-state index contributed by atoms with van der Waals surface area (Å²) >= 11 is 0. The Balaban J connectivity index is 1.79. The van der Waals surface area contributed by atoms with Gasteiger partial charge in [-0.15, -0.1) is 0 Å². The number of nitrogens with zero attached hydrogens (tertiary/aromatic N) is 1. The van der Waals surface area contributed by atoms with Gasteiger partial charge in [0.1, 0.15) is 5.60 Å². The van der Waals surface area contributed by atoms with Gasteiger partial charge in [0, 0.05) is 18.7 Å². The molecule has 1 N–H and O–H groups in total. The molecule has 5 heteroatoms. The van der Waals surface area contributed by atoms with E-state index in [9.17, 15) is 9.59 Å². The van der Waals surface area contributed by atoms with Crippen LogP contribution < -0.4 is 5.32 Å². The van der Waals surface area contributed by atoms with Crippen molar-refractivity contribution in [2.75, 3.05) is 5.32 Å². The third-order valence-electron chi connectivity index (χ3n) is 4.82. The second kappa shape index (κ2) is 7.14. The molecule has 1 saturated heterocycles. The summed E-state index contributed by atoms with van der Waals surface area (Å²) in [4.78, 5) is 25.7. The van der Waals surface area contributed by atoms with Crippen LogP contribution in [0.4, 0.5) is 10.5 Å². The highest BCUT2D eigenvalue weighted by Gasteiger charge is 2.39. The summed E-state index contributed by atoms with van der Waals surface area (Å²) in [7, 11) is 0. The van der Waals surface area contributed by atoms with Gasteiger partial charge in [0.25, 0.3) is 0 Å². The molecule has 1 aromatic carbocycles. The van der Waals surface area contributed by atoms with E-state index in [2.05, 4.69) is 11.4 Å². The molecule has 0 spiro atoms. The average Bonchev–Trinajstić information content (AvgIpc) is 2.52. The topological polar surface area (TPSA) is 58.6 Å². The van der Waals surface area contributed by atoms with Crippen molar-refractivity contribution in [3.8, 4) is 0 Å². The molecule has 2 atom stereocenters. The van der Waals surface area contributed by atoms with Crippen LogP contribution in [-0.2, 0) is 9.53 Å². The molecule has 5 nitrogen and oxygen atoms in total. The van der Waals surface area contributed by atoms with E-state index < -0.39 is 5.60 Å². The molecule has 0 aliphatic carbocycles. The van der Waals surface area contributed by atoms with Crippen LogP contribution in [0.15, 0.2) is 30.3 Å². The largest absolute Gasteiger partial charge is 0.444 e. The quantitative estimate of drug-likeness (QED) is 0.843. The van der Waals surface area contributed by atoms with Gasteiger partial charge in [-0.05, 0) is 69.7 Å². The second-order valence-corrected chi connectivity index (χ2v) is 8.19. The lowest BCUT2D eigenvalue weighted by Gasteiger charge is -2.45. The smallest absolute Gasteiger partial charge is 0.411 e. The van der Waals surface area contributed by atoms with Gasteiger partial charge in [0.05, 0.1) is 6.04 Å². The lowest BCUT2D eigenvalue weighted by atomic mass is 9.83. The number of anilines is 1. The van der Waals surface area contributed by atoms with E-state index in [0.717, 1.165) is 36.9 Å². The van der Waals surface area contributed by atoms with Gasteiger partial charge in [0.15, 0.2) is 0 Å². The normalized spacial score (nSPS) is 22.5. The Hall–Kier alpha value is -2.30. The van der Waals surface area contributed by atoms with E-state index in [1.165, 1.54) is 12.5 Å². The van der Waals surface area contributed by atoms with Gasteiger partial charge >= 0.3 is 6.09 Å². The molecule has 1 fully saturated rings. The molecule has 2 aliphatic heterocycles. The van der Waals surface area contributed by atoms with Gasteiger partial charge in [-0.1, -0.05) is 18.2 Å². The molecule has 0 saturated carbocycles. The first-order valence-corrected chi connectivity index (χ1v) is 9.33. The average molecular weight is 356 g/mol. The van der Waals surface area contributed by atoms with Gasteiger partial charge in [-0.2, -0.15) is 0 Å². The summed E-state index contributed by atoms with van der Waals surface area (Å²) in [6.45, 7) is 7.22. The third kappa shape index (κ3) is 4.26. The van der Waals surface area contributed by atoms with Crippen molar-refractivity contribution in [1.82, 2.24) is 4.90 Å². The van der Waals surface area contributed by atoms with Crippen molar-refractivity contribution in [1.29, 1.82) is 0 Å². The van der Waals surface area contributed by atoms with Crippen LogP contribution in [0, 0.1) is 0 Å². The molecular formula is C21H28N2O3. The molecule has 26 heavy (non-hydrogen) atoms. The minimum absolute atomic E-state index is 0.0721. The summed E-state index contributed by atoms with van der Waals surface area (Å²) in [6, 6.07) is 8.22. The molecule has 0 aromatic heterocycles. The first-order valence-electron chi connectivity index (χ1n) is 9.33. The zero-order chi connectivity index (χ0) is 18.9. The maximum absolute atomic E-state index is 12.7. The molecule has 0 radical (unpaired) electrons. The molecular weight excluding hydrogens is 328 g/mol. The van der Waals surface area contributed by atoms with E-state index in [1.807, 2.05) is 49.9 Å². The molecule has 2 heterocycles. The fourth-order valence-electron chi connectivity index (χ4n) is 3.81. The Bertz CT molecular complexity index is 716. The van der Waals surface area contributed by atoms with Gasteiger partial charge in [-0.3, -0.25) is 9.69 Å². The first-order chi connectivity index (χ1) is 12.2. The number of piperidine rings is 1. The lowest BCUT2D eigenvalue weighted by molar-refractivity contribution is -0.114. The van der Waals surface area contributed by atoms with E-state index >= 15 is 0 Å². The summed E-state index contributed by atoms with van der Waals surface area (Å²) < 4.78 is 5.62. The Kier molecular flexibility index (Phi) is 5.08. The Labute approximate surface area is 155 Å². The van der Waals surface area contributed by atoms with Crippen LogP contribution in [-0.4, -0.2) is 34.6 Å². The predicted octanol–water partition coefficient (Wildman–Crippen LogP) is 4.59. The van der Waals surface area contributed by atoms with Crippen LogP contribution in [0.25, 0.3) is 5.57 Å². The minimum Gasteiger partial charge on any atom is -0.444 e. The number of rotatable bonds is 2. The third-order valence-corrected chi connectivity index (χ3v) is 4.82. The van der Waals surface area contributed by atoms with Crippen LogP contribution in [0.2, 0.25) is 0 Å². The monoisotopic (exact) mass is 356 g/mol. The maximum atomic E-state index is 12.7. The number of hydrogen-bond acceptors (Lipinski definition) is 3. The fourth-order valence-corrected chi connectivity index (χ4v) is 3.81. The number of carbonyl (C=O) groups excluding carboxylic acids is 2. The minimum atomic E-state index is -0.477. The molecule has 1 aromatic rings. The van der Waals surface area contributed by atoms with E-state index in [-0.39, 0.29) is 24.1 Å². The molecule has 140 valence electrons. The summed E-state index contributed by atoms with van der Waals surface area (Å²) in [5.74, 6) is -0.0721. The van der Waals surface area contributed by atoms with Crippen LogP contribution >= 0.6 is 0 Å². The summed E-state index contributed by atoms with van der Waals surface area (Å²) in [5, 5.41) is 2.79. The lowest BCUT2D eigenvalue weighted by Crippen LogP contribution is -2.53. The highest BCUT2D eigenvalue weighted by Crippen LogP contribution is 2.38. The van der Waals surface area contributed by atoms with Crippen molar-refractivity contribution >= 4 is 23.3 Å². The fraction of sp³-hybridized carbons (Fsp3) is 0.524. The number of fused-ring (bicyclic) bond motifs is 2.